The minimum atomic E-state index is -0.466. The lowest BCUT2D eigenvalue weighted by Gasteiger charge is -2.18. The molecule has 1 aliphatic carbocycles. The minimum Gasteiger partial charge on any atom is -0.496 e. The van der Waals surface area contributed by atoms with Crippen molar-refractivity contribution in [1.29, 1.82) is 0 Å². The molecule has 2 amide bonds. The number of likely N-dealkylation sites (N-methyl/N-ethyl adjacent to an activating group) is 1. The molecule has 0 spiro atoms. The lowest BCUT2D eigenvalue weighted by Crippen LogP contribution is -2.30. The summed E-state index contributed by atoms with van der Waals surface area (Å²) in [5, 5.41) is 3.49. The highest BCUT2D eigenvalue weighted by molar-refractivity contribution is 7.17. The second-order valence-electron chi connectivity index (χ2n) is 6.81. The maximum Gasteiger partial charge on any atom is 0.251 e. The molecule has 3 N–H and O–H groups in total. The number of benzene rings is 1. The largest absolute Gasteiger partial charge is 0.496 e. The smallest absolute Gasteiger partial charge is 0.251 e. The fourth-order valence-corrected chi connectivity index (χ4v) is 4.82. The molecular weight excluding hydrogens is 362 g/mol. The lowest BCUT2D eigenvalue weighted by atomic mass is 9.95. The highest BCUT2D eigenvalue weighted by Gasteiger charge is 2.25. The number of primary amides is 1. The van der Waals surface area contributed by atoms with Crippen LogP contribution in [-0.4, -0.2) is 37.4 Å². The van der Waals surface area contributed by atoms with Crippen LogP contribution >= 0.6 is 11.3 Å². The number of carbonyl (C=O) groups is 2. The Hall–Kier alpha value is -2.38. The summed E-state index contributed by atoms with van der Waals surface area (Å²) in [7, 11) is 3.51. The molecule has 0 unspecified atom stereocenters. The number of anilines is 1. The highest BCUT2D eigenvalue weighted by atomic mass is 32.1. The molecule has 7 heteroatoms. The average Bonchev–Trinajstić information content (AvgIpc) is 2.99. The highest BCUT2D eigenvalue weighted by Crippen LogP contribution is 2.37. The lowest BCUT2D eigenvalue weighted by molar-refractivity contribution is -0.117. The molecule has 0 fully saturated rings. The molecule has 2 aromatic rings. The molecule has 1 aliphatic rings. The third kappa shape index (κ3) is 4.48. The third-order valence-corrected chi connectivity index (χ3v) is 5.92. The molecule has 6 nitrogen and oxygen atoms in total. The molecule has 0 radical (unpaired) electrons. The van der Waals surface area contributed by atoms with Gasteiger partial charge < -0.3 is 15.8 Å². The molecule has 144 valence electrons. The number of thiophene rings is 1. The van der Waals surface area contributed by atoms with Crippen molar-refractivity contribution in [1.82, 2.24) is 4.90 Å². The zero-order valence-electron chi connectivity index (χ0n) is 15.7. The first-order valence-corrected chi connectivity index (χ1v) is 9.86. The maximum absolute atomic E-state index is 12.5. The summed E-state index contributed by atoms with van der Waals surface area (Å²) in [6.07, 6.45) is 3.97. The zero-order valence-corrected chi connectivity index (χ0v) is 16.5. The topological polar surface area (TPSA) is 84.7 Å². The number of hydrogen-bond donors (Lipinski definition) is 2. The number of aryl methyl sites for hydroxylation is 1. The van der Waals surface area contributed by atoms with Gasteiger partial charge in [0.25, 0.3) is 5.91 Å². The van der Waals surface area contributed by atoms with Gasteiger partial charge in [-0.1, -0.05) is 18.2 Å². The van der Waals surface area contributed by atoms with Gasteiger partial charge in [0.2, 0.25) is 5.91 Å². The predicted molar refractivity (Wildman–Crippen MR) is 107 cm³/mol. The van der Waals surface area contributed by atoms with E-state index >= 15 is 0 Å². The number of carbonyl (C=O) groups excluding carboxylic acids is 2. The van der Waals surface area contributed by atoms with Crippen molar-refractivity contribution in [3.8, 4) is 5.75 Å². The van der Waals surface area contributed by atoms with E-state index in [1.807, 2.05) is 36.2 Å². The number of para-hydroxylation sites is 1. The Balaban J connectivity index is 1.67. The van der Waals surface area contributed by atoms with Crippen LogP contribution < -0.4 is 15.8 Å². The van der Waals surface area contributed by atoms with Gasteiger partial charge in [0.1, 0.15) is 10.8 Å². The molecule has 1 aromatic heterocycles. The predicted octanol–water partition coefficient (Wildman–Crippen LogP) is 2.80. The summed E-state index contributed by atoms with van der Waals surface area (Å²) in [5.74, 6) is 0.173. The van der Waals surface area contributed by atoms with Crippen molar-refractivity contribution < 1.29 is 14.3 Å². The SMILES string of the molecule is COc1ccccc1CN(C)CC(=O)Nc1sc2c(c1C(N)=O)CCCC2. The number of nitrogens with one attached hydrogen (secondary N) is 1. The first-order valence-electron chi connectivity index (χ1n) is 9.04. The van der Waals surface area contributed by atoms with Crippen LogP contribution in [-0.2, 0) is 24.2 Å². The van der Waals surface area contributed by atoms with Gasteiger partial charge in [-0.05, 0) is 44.4 Å². The van der Waals surface area contributed by atoms with Crippen LogP contribution in [0, 0.1) is 0 Å². The van der Waals surface area contributed by atoms with Crippen LogP contribution in [0.25, 0.3) is 0 Å². The van der Waals surface area contributed by atoms with Gasteiger partial charge in [-0.15, -0.1) is 11.3 Å². The molecule has 0 aliphatic heterocycles. The monoisotopic (exact) mass is 387 g/mol. The van der Waals surface area contributed by atoms with Crippen LogP contribution in [0.3, 0.4) is 0 Å². The molecule has 1 aromatic carbocycles. The first kappa shape index (κ1) is 19.4. The number of methoxy groups -OCH3 is 1. The summed E-state index contributed by atoms with van der Waals surface area (Å²) < 4.78 is 5.36. The fourth-order valence-electron chi connectivity index (χ4n) is 3.51. The van der Waals surface area contributed by atoms with E-state index in [-0.39, 0.29) is 12.5 Å². The molecule has 0 bridgehead atoms. The van der Waals surface area contributed by atoms with Crippen molar-refractivity contribution >= 4 is 28.2 Å². The van der Waals surface area contributed by atoms with Crippen LogP contribution in [0.5, 0.6) is 5.75 Å². The van der Waals surface area contributed by atoms with E-state index in [0.717, 1.165) is 42.6 Å². The molecule has 1 heterocycles. The van der Waals surface area contributed by atoms with E-state index in [0.29, 0.717) is 17.1 Å². The van der Waals surface area contributed by atoms with Gasteiger partial charge in [0, 0.05) is 17.0 Å². The van der Waals surface area contributed by atoms with Gasteiger partial charge in [0.15, 0.2) is 0 Å². The van der Waals surface area contributed by atoms with Crippen molar-refractivity contribution in [2.24, 2.45) is 5.73 Å². The fraction of sp³-hybridized carbons (Fsp3) is 0.400. The summed E-state index contributed by atoms with van der Waals surface area (Å²) in [4.78, 5) is 27.5. The Morgan fingerprint density at radius 3 is 2.74 bits per heavy atom. The van der Waals surface area contributed by atoms with E-state index < -0.39 is 5.91 Å². The van der Waals surface area contributed by atoms with E-state index in [2.05, 4.69) is 5.32 Å². The third-order valence-electron chi connectivity index (χ3n) is 4.72. The number of amides is 2. The Morgan fingerprint density at radius 1 is 1.26 bits per heavy atom. The van der Waals surface area contributed by atoms with Gasteiger partial charge in [-0.25, -0.2) is 0 Å². The average molecular weight is 388 g/mol. The van der Waals surface area contributed by atoms with Gasteiger partial charge in [-0.2, -0.15) is 0 Å². The van der Waals surface area contributed by atoms with Crippen LogP contribution in [0.1, 0.15) is 39.2 Å². The summed E-state index contributed by atoms with van der Waals surface area (Å²) in [6.45, 7) is 0.792. The summed E-state index contributed by atoms with van der Waals surface area (Å²) in [5.41, 5.74) is 8.12. The van der Waals surface area contributed by atoms with Crippen LogP contribution in [0.2, 0.25) is 0 Å². The zero-order chi connectivity index (χ0) is 19.4. The second-order valence-corrected chi connectivity index (χ2v) is 7.92. The van der Waals surface area contributed by atoms with Crippen molar-refractivity contribution in [3.05, 3.63) is 45.8 Å². The number of hydrogen-bond acceptors (Lipinski definition) is 5. The number of nitrogens with two attached hydrogens (primary N) is 1. The Kier molecular flexibility index (Phi) is 6.13. The molecule has 3 rings (SSSR count). The van der Waals surface area contributed by atoms with Gasteiger partial charge in [0.05, 0.1) is 19.2 Å². The van der Waals surface area contributed by atoms with Gasteiger partial charge in [-0.3, -0.25) is 14.5 Å². The number of ether oxygens (including phenoxy) is 1. The van der Waals surface area contributed by atoms with Crippen LogP contribution in [0.4, 0.5) is 5.00 Å². The molecular formula is C20H25N3O3S. The first-order chi connectivity index (χ1) is 13.0. The number of nitrogens with zero attached hydrogens (tertiary/aromatic N) is 1. The van der Waals surface area contributed by atoms with Crippen molar-refractivity contribution in [3.63, 3.8) is 0 Å². The molecule has 0 saturated heterocycles. The number of fused-ring (bicyclic) bond motifs is 1. The maximum atomic E-state index is 12.5. The Bertz CT molecular complexity index is 847. The quantitative estimate of drug-likeness (QED) is 0.765. The second kappa shape index (κ2) is 8.54. The standard InChI is InChI=1S/C20H25N3O3S/c1-23(11-13-7-3-5-9-15(13)26-2)12-17(24)22-20-18(19(21)25)14-8-4-6-10-16(14)27-20/h3,5,7,9H,4,6,8,10-12H2,1-2H3,(H2,21,25)(H,22,24). The Labute approximate surface area is 163 Å². The molecule has 0 saturated carbocycles. The minimum absolute atomic E-state index is 0.159. The van der Waals surface area contributed by atoms with E-state index in [1.165, 1.54) is 16.2 Å². The van der Waals surface area contributed by atoms with Crippen molar-refractivity contribution in [2.75, 3.05) is 26.0 Å². The molecule has 0 atom stereocenters. The summed E-state index contributed by atoms with van der Waals surface area (Å²) >= 11 is 1.48. The van der Waals surface area contributed by atoms with E-state index in [4.69, 9.17) is 10.5 Å². The van der Waals surface area contributed by atoms with E-state index in [1.54, 1.807) is 7.11 Å². The summed E-state index contributed by atoms with van der Waals surface area (Å²) in [6, 6.07) is 7.74. The van der Waals surface area contributed by atoms with Crippen molar-refractivity contribution in [2.45, 2.75) is 32.2 Å². The van der Waals surface area contributed by atoms with Crippen LogP contribution in [0.15, 0.2) is 24.3 Å². The normalized spacial score (nSPS) is 13.3. The molecule has 27 heavy (non-hydrogen) atoms. The Morgan fingerprint density at radius 2 is 2.00 bits per heavy atom. The van der Waals surface area contributed by atoms with E-state index in [9.17, 15) is 9.59 Å². The number of rotatable bonds is 7. The van der Waals surface area contributed by atoms with Gasteiger partial charge >= 0.3 is 0 Å².